The Balaban J connectivity index is 2.92. The minimum atomic E-state index is -1.08. The molecule has 0 saturated carbocycles. The lowest BCUT2D eigenvalue weighted by Crippen LogP contribution is -2.36. The van der Waals surface area contributed by atoms with E-state index in [1.54, 1.807) is 26.0 Å². The summed E-state index contributed by atoms with van der Waals surface area (Å²) in [6, 6.07) is 8.03. The van der Waals surface area contributed by atoms with Crippen molar-refractivity contribution in [1.82, 2.24) is 0 Å². The lowest BCUT2D eigenvalue weighted by Gasteiger charge is -2.26. The highest BCUT2D eigenvalue weighted by atomic mass is 79.9. The molecule has 1 aromatic rings. The second-order valence-corrected chi connectivity index (χ2v) is 16.6. The number of halogens is 2. The molecule has 0 aromatic heterocycles. The number of hydrogen-bond donors (Lipinski definition) is 0. The number of ether oxygens (including phenoxy) is 6. The Bertz CT molecular complexity index is 1120. The van der Waals surface area contributed by atoms with Crippen molar-refractivity contribution < 1.29 is 47.6 Å². The van der Waals surface area contributed by atoms with Crippen LogP contribution in [0.15, 0.2) is 49.6 Å². The SMILES string of the molecule is C=CCOCCOC(=O)C(C)(Br)CC(CCc1ccc(CCC(CC(C)(Br)C(=O)OCCOCC=C)C(=O)OCCCC)cc1)C(=O)OCCCC. The van der Waals surface area contributed by atoms with Crippen molar-refractivity contribution in [3.05, 3.63) is 60.7 Å². The molecular formula is C40H60Br2O10. The van der Waals surface area contributed by atoms with E-state index in [9.17, 15) is 19.2 Å². The lowest BCUT2D eigenvalue weighted by atomic mass is 9.89. The summed E-state index contributed by atoms with van der Waals surface area (Å²) in [5, 5.41) is 0. The second-order valence-electron chi connectivity index (χ2n) is 13.1. The first-order valence-corrected chi connectivity index (χ1v) is 19.9. The lowest BCUT2D eigenvalue weighted by molar-refractivity contribution is -0.153. The summed E-state index contributed by atoms with van der Waals surface area (Å²) in [6.07, 6.45) is 9.13. The maximum atomic E-state index is 13.1. The van der Waals surface area contributed by atoms with E-state index in [-0.39, 0.29) is 51.2 Å². The number of hydrogen-bond acceptors (Lipinski definition) is 10. The molecule has 10 nitrogen and oxygen atoms in total. The van der Waals surface area contributed by atoms with Crippen LogP contribution in [0.25, 0.3) is 0 Å². The van der Waals surface area contributed by atoms with Gasteiger partial charge in [0.05, 0.1) is 51.5 Å². The highest BCUT2D eigenvalue weighted by Crippen LogP contribution is 2.33. The van der Waals surface area contributed by atoms with Crippen molar-refractivity contribution in [2.24, 2.45) is 11.8 Å². The van der Waals surface area contributed by atoms with Crippen LogP contribution in [-0.2, 0) is 60.4 Å². The fourth-order valence-electron chi connectivity index (χ4n) is 5.14. The van der Waals surface area contributed by atoms with Gasteiger partial charge in [0.2, 0.25) is 0 Å². The molecule has 0 bridgehead atoms. The van der Waals surface area contributed by atoms with E-state index in [4.69, 9.17) is 28.4 Å². The van der Waals surface area contributed by atoms with E-state index in [0.717, 1.165) is 36.8 Å². The first-order chi connectivity index (χ1) is 24.8. The van der Waals surface area contributed by atoms with Gasteiger partial charge in [0.15, 0.2) is 0 Å². The van der Waals surface area contributed by atoms with Gasteiger partial charge in [-0.2, -0.15) is 0 Å². The average Bonchev–Trinajstić information content (AvgIpc) is 3.11. The van der Waals surface area contributed by atoms with Crippen LogP contribution < -0.4 is 0 Å². The maximum absolute atomic E-state index is 13.1. The molecule has 4 unspecified atom stereocenters. The first-order valence-electron chi connectivity index (χ1n) is 18.3. The molecule has 0 spiro atoms. The second kappa shape index (κ2) is 27.1. The highest BCUT2D eigenvalue weighted by Gasteiger charge is 2.39. The minimum Gasteiger partial charge on any atom is -0.465 e. The molecule has 0 N–H and O–H groups in total. The predicted octanol–water partition coefficient (Wildman–Crippen LogP) is 8.05. The van der Waals surface area contributed by atoms with Crippen molar-refractivity contribution in [2.45, 2.75) is 101 Å². The number of aryl methyl sites for hydroxylation is 2. The minimum absolute atomic E-state index is 0.0983. The first kappa shape index (κ1) is 47.5. The Morgan fingerprint density at radius 3 is 1.33 bits per heavy atom. The molecule has 294 valence electrons. The van der Waals surface area contributed by atoms with Crippen LogP contribution in [0.2, 0.25) is 0 Å². The number of unbranched alkanes of at least 4 members (excludes halogenated alkanes) is 2. The van der Waals surface area contributed by atoms with Gasteiger partial charge in [-0.25, -0.2) is 0 Å². The average molecular weight is 861 g/mol. The van der Waals surface area contributed by atoms with E-state index in [2.05, 4.69) is 45.0 Å². The Morgan fingerprint density at radius 2 is 1.00 bits per heavy atom. The smallest absolute Gasteiger partial charge is 0.322 e. The van der Waals surface area contributed by atoms with Crippen molar-refractivity contribution >= 4 is 55.7 Å². The van der Waals surface area contributed by atoms with Crippen LogP contribution in [0, 0.1) is 11.8 Å². The van der Waals surface area contributed by atoms with Gasteiger partial charge in [-0.05, 0) is 76.3 Å². The molecule has 0 aliphatic heterocycles. The Hall–Kier alpha value is -2.54. The molecule has 4 atom stereocenters. The van der Waals surface area contributed by atoms with Crippen LogP contribution in [0.4, 0.5) is 0 Å². The van der Waals surface area contributed by atoms with Crippen LogP contribution in [0.3, 0.4) is 0 Å². The van der Waals surface area contributed by atoms with Crippen LogP contribution in [0.5, 0.6) is 0 Å². The fraction of sp³-hybridized carbons (Fsp3) is 0.650. The van der Waals surface area contributed by atoms with Gasteiger partial charge in [-0.3, -0.25) is 19.2 Å². The van der Waals surface area contributed by atoms with E-state index in [1.165, 1.54) is 0 Å². The quantitative estimate of drug-likeness (QED) is 0.0247. The Morgan fingerprint density at radius 1 is 0.635 bits per heavy atom. The van der Waals surface area contributed by atoms with Crippen molar-refractivity contribution in [3.8, 4) is 0 Å². The zero-order valence-corrected chi connectivity index (χ0v) is 34.8. The third-order valence-electron chi connectivity index (χ3n) is 8.24. The van der Waals surface area contributed by atoms with E-state index in [0.29, 0.717) is 52.1 Å². The van der Waals surface area contributed by atoms with Gasteiger partial charge in [-0.15, -0.1) is 13.2 Å². The third kappa shape index (κ3) is 20.1. The summed E-state index contributed by atoms with van der Waals surface area (Å²) in [6.45, 7) is 16.7. The van der Waals surface area contributed by atoms with Gasteiger partial charge in [-0.1, -0.05) is 95.0 Å². The third-order valence-corrected chi connectivity index (χ3v) is 9.54. The summed E-state index contributed by atoms with van der Waals surface area (Å²) in [4.78, 5) is 52.0. The highest BCUT2D eigenvalue weighted by molar-refractivity contribution is 9.10. The molecule has 0 radical (unpaired) electrons. The zero-order valence-electron chi connectivity index (χ0n) is 31.6. The number of carbonyl (C=O) groups is 4. The van der Waals surface area contributed by atoms with Gasteiger partial charge in [0, 0.05) is 0 Å². The summed E-state index contributed by atoms with van der Waals surface area (Å²) < 4.78 is 30.3. The normalized spacial score (nSPS) is 14.6. The largest absolute Gasteiger partial charge is 0.465 e. The summed E-state index contributed by atoms with van der Waals surface area (Å²) in [5.74, 6) is -2.67. The van der Waals surface area contributed by atoms with Crippen molar-refractivity contribution in [3.63, 3.8) is 0 Å². The molecule has 12 heteroatoms. The topological polar surface area (TPSA) is 124 Å². The molecule has 0 amide bonds. The number of carbonyl (C=O) groups excluding carboxylic acids is 4. The van der Waals surface area contributed by atoms with E-state index < -0.39 is 32.4 Å². The molecule has 0 aliphatic carbocycles. The summed E-state index contributed by atoms with van der Waals surface area (Å²) in [5.41, 5.74) is 2.05. The Kier molecular flexibility index (Phi) is 24.7. The Labute approximate surface area is 328 Å². The monoisotopic (exact) mass is 858 g/mol. The molecule has 0 fully saturated rings. The van der Waals surface area contributed by atoms with Crippen molar-refractivity contribution in [2.75, 3.05) is 52.9 Å². The molecular weight excluding hydrogens is 800 g/mol. The number of benzene rings is 1. The van der Waals surface area contributed by atoms with Gasteiger partial charge < -0.3 is 28.4 Å². The van der Waals surface area contributed by atoms with Gasteiger partial charge in [0.1, 0.15) is 21.9 Å². The summed E-state index contributed by atoms with van der Waals surface area (Å²) >= 11 is 7.02. The van der Waals surface area contributed by atoms with E-state index in [1.807, 2.05) is 38.1 Å². The van der Waals surface area contributed by atoms with Gasteiger partial charge >= 0.3 is 23.9 Å². The van der Waals surface area contributed by atoms with Crippen molar-refractivity contribution in [1.29, 1.82) is 0 Å². The van der Waals surface area contributed by atoms with Crippen LogP contribution in [-0.4, -0.2) is 85.4 Å². The standard InChI is InChI=1S/C40H60Br2O10/c1-7-11-23-49-35(43)33(29-39(5,41)37(45)51-27-25-47-21-9-3)19-17-31-13-15-32(16-14-31)18-20-34(36(44)50-24-12-8-2)30-40(6,42)38(46)52-28-26-48-22-10-4/h9-10,13-16,33-34H,3-4,7-8,11-12,17-30H2,1-2,5-6H3. The van der Waals surface area contributed by atoms with Crippen LogP contribution >= 0.6 is 31.9 Å². The van der Waals surface area contributed by atoms with Crippen LogP contribution in [0.1, 0.15) is 90.2 Å². The fourth-order valence-corrected chi connectivity index (χ4v) is 6.15. The maximum Gasteiger partial charge on any atom is 0.322 e. The molecule has 1 aromatic carbocycles. The number of esters is 4. The molecule has 1 rings (SSSR count). The van der Waals surface area contributed by atoms with E-state index >= 15 is 0 Å². The predicted molar refractivity (Wildman–Crippen MR) is 210 cm³/mol. The molecule has 0 aliphatic rings. The molecule has 0 heterocycles. The molecule has 0 saturated heterocycles. The summed E-state index contributed by atoms with van der Waals surface area (Å²) in [7, 11) is 0. The number of rotatable bonds is 30. The zero-order chi connectivity index (χ0) is 38.8. The van der Waals surface area contributed by atoms with Gasteiger partial charge in [0.25, 0.3) is 0 Å². The molecule has 52 heavy (non-hydrogen) atoms. The number of alkyl halides is 2.